The van der Waals surface area contributed by atoms with Crippen molar-refractivity contribution in [3.05, 3.63) is 106 Å². The Hall–Kier alpha value is -2.76. The highest BCUT2D eigenvalue weighted by atomic mass is 35.5. The summed E-state index contributed by atoms with van der Waals surface area (Å²) in [6, 6.07) is 24.9. The lowest BCUT2D eigenvalue weighted by atomic mass is 10.1. The molecule has 4 rings (SSSR count). The highest BCUT2D eigenvalue weighted by molar-refractivity contribution is 8.00. The molecule has 0 unspecified atom stereocenters. The van der Waals surface area contributed by atoms with Crippen LogP contribution in [0.25, 0.3) is 0 Å². The van der Waals surface area contributed by atoms with Gasteiger partial charge in [0.25, 0.3) is 5.91 Å². The van der Waals surface area contributed by atoms with E-state index in [1.165, 1.54) is 0 Å². The average Bonchev–Trinajstić information content (AvgIpc) is 3.14. The van der Waals surface area contributed by atoms with Gasteiger partial charge in [0.1, 0.15) is 5.37 Å². The van der Waals surface area contributed by atoms with Gasteiger partial charge < -0.3 is 10.2 Å². The molecule has 1 atom stereocenters. The molecule has 0 aromatic heterocycles. The lowest BCUT2D eigenvalue weighted by Crippen LogP contribution is -2.27. The van der Waals surface area contributed by atoms with Gasteiger partial charge in [-0.1, -0.05) is 72.3 Å². The molecule has 3 aromatic rings. The van der Waals surface area contributed by atoms with Gasteiger partial charge in [-0.25, -0.2) is 0 Å². The van der Waals surface area contributed by atoms with Gasteiger partial charge in [0.2, 0.25) is 5.91 Å². The number of amides is 2. The molecule has 0 aliphatic carbocycles. The van der Waals surface area contributed by atoms with Crippen LogP contribution < -0.4 is 5.32 Å². The van der Waals surface area contributed by atoms with Crippen molar-refractivity contribution in [1.82, 2.24) is 10.2 Å². The normalized spacial score (nSPS) is 16.0. The molecular formula is C24H21ClN2O2S. The predicted molar refractivity (Wildman–Crippen MR) is 121 cm³/mol. The van der Waals surface area contributed by atoms with Crippen LogP contribution in [0.4, 0.5) is 0 Å². The monoisotopic (exact) mass is 436 g/mol. The first-order valence-corrected chi connectivity index (χ1v) is 11.1. The summed E-state index contributed by atoms with van der Waals surface area (Å²) in [6.07, 6.45) is 0. The number of hydrogen-bond acceptors (Lipinski definition) is 3. The number of rotatable bonds is 6. The smallest absolute Gasteiger partial charge is 0.251 e. The fourth-order valence-electron chi connectivity index (χ4n) is 3.40. The van der Waals surface area contributed by atoms with Crippen LogP contribution >= 0.6 is 23.4 Å². The zero-order valence-electron chi connectivity index (χ0n) is 16.3. The molecule has 1 N–H and O–H groups in total. The van der Waals surface area contributed by atoms with Crippen LogP contribution in [-0.2, 0) is 17.9 Å². The number of carbonyl (C=O) groups is 2. The summed E-state index contributed by atoms with van der Waals surface area (Å²) >= 11 is 7.76. The molecule has 1 fully saturated rings. The Morgan fingerprint density at radius 1 is 1.00 bits per heavy atom. The summed E-state index contributed by atoms with van der Waals surface area (Å²) in [4.78, 5) is 26.8. The minimum atomic E-state index is -0.155. The van der Waals surface area contributed by atoms with E-state index in [-0.39, 0.29) is 17.2 Å². The Morgan fingerprint density at radius 2 is 1.70 bits per heavy atom. The number of benzene rings is 3. The van der Waals surface area contributed by atoms with Crippen LogP contribution in [0.2, 0.25) is 5.02 Å². The molecule has 1 aliphatic heterocycles. The lowest BCUT2D eigenvalue weighted by Gasteiger charge is -2.24. The third kappa shape index (κ3) is 4.69. The van der Waals surface area contributed by atoms with Crippen molar-refractivity contribution in [2.45, 2.75) is 18.5 Å². The van der Waals surface area contributed by atoms with Crippen molar-refractivity contribution >= 4 is 35.2 Å². The van der Waals surface area contributed by atoms with Gasteiger partial charge in [0.15, 0.2) is 0 Å². The second-order valence-corrected chi connectivity index (χ2v) is 8.54. The van der Waals surface area contributed by atoms with Crippen LogP contribution in [0.1, 0.15) is 32.4 Å². The van der Waals surface area contributed by atoms with Crippen LogP contribution in [0.15, 0.2) is 78.9 Å². The maximum absolute atomic E-state index is 12.5. The van der Waals surface area contributed by atoms with Gasteiger partial charge in [0.05, 0.1) is 5.75 Å². The first-order chi connectivity index (χ1) is 14.6. The van der Waals surface area contributed by atoms with Crippen LogP contribution in [0.5, 0.6) is 0 Å². The first kappa shape index (κ1) is 20.5. The Bertz CT molecular complexity index is 1040. The van der Waals surface area contributed by atoms with Gasteiger partial charge >= 0.3 is 0 Å². The molecule has 2 amide bonds. The summed E-state index contributed by atoms with van der Waals surface area (Å²) in [5.74, 6) is 0.450. The Labute approximate surface area is 185 Å². The predicted octanol–water partition coefficient (Wildman–Crippen LogP) is 5.04. The fraction of sp³-hybridized carbons (Fsp3) is 0.167. The van der Waals surface area contributed by atoms with Crippen molar-refractivity contribution in [3.8, 4) is 0 Å². The first-order valence-electron chi connectivity index (χ1n) is 9.68. The van der Waals surface area contributed by atoms with E-state index in [2.05, 4.69) is 5.32 Å². The molecule has 1 saturated heterocycles. The second-order valence-electron chi connectivity index (χ2n) is 7.07. The summed E-state index contributed by atoms with van der Waals surface area (Å²) in [5, 5.41) is 3.49. The van der Waals surface area contributed by atoms with E-state index < -0.39 is 0 Å². The summed E-state index contributed by atoms with van der Waals surface area (Å²) in [7, 11) is 0. The molecule has 1 heterocycles. The van der Waals surface area contributed by atoms with E-state index in [1.807, 2.05) is 65.6 Å². The number of hydrogen-bond donors (Lipinski definition) is 1. The third-order valence-electron chi connectivity index (χ3n) is 5.02. The van der Waals surface area contributed by atoms with Crippen molar-refractivity contribution in [2.75, 3.05) is 5.75 Å². The SMILES string of the molecule is O=C(NCc1ccccc1Cl)c1ccc([C@@H]2SCC(=O)N2Cc2ccccc2)cc1. The Morgan fingerprint density at radius 3 is 2.43 bits per heavy atom. The van der Waals surface area contributed by atoms with Crippen LogP contribution in [0.3, 0.4) is 0 Å². The van der Waals surface area contributed by atoms with Gasteiger partial charge in [-0.05, 0) is 34.9 Å². The van der Waals surface area contributed by atoms with Gasteiger partial charge in [0, 0.05) is 23.7 Å². The van der Waals surface area contributed by atoms with Gasteiger partial charge in [-0.3, -0.25) is 9.59 Å². The molecular weight excluding hydrogens is 416 g/mol. The molecule has 0 bridgehead atoms. The highest BCUT2D eigenvalue weighted by Crippen LogP contribution is 2.39. The van der Waals surface area contributed by atoms with Crippen LogP contribution in [0, 0.1) is 0 Å². The largest absolute Gasteiger partial charge is 0.348 e. The Kier molecular flexibility index (Phi) is 6.41. The zero-order valence-corrected chi connectivity index (χ0v) is 17.8. The van der Waals surface area contributed by atoms with E-state index in [1.54, 1.807) is 30.0 Å². The number of thioether (sulfide) groups is 1. The van der Waals surface area contributed by atoms with E-state index in [9.17, 15) is 9.59 Å². The Balaban J connectivity index is 1.42. The molecule has 0 radical (unpaired) electrons. The summed E-state index contributed by atoms with van der Waals surface area (Å²) < 4.78 is 0. The number of nitrogens with zero attached hydrogens (tertiary/aromatic N) is 1. The molecule has 152 valence electrons. The number of nitrogens with one attached hydrogen (secondary N) is 1. The zero-order chi connectivity index (χ0) is 20.9. The highest BCUT2D eigenvalue weighted by Gasteiger charge is 2.32. The molecule has 4 nitrogen and oxygen atoms in total. The molecule has 6 heteroatoms. The van der Waals surface area contributed by atoms with E-state index in [0.717, 1.165) is 16.7 Å². The van der Waals surface area contributed by atoms with Crippen molar-refractivity contribution < 1.29 is 9.59 Å². The van der Waals surface area contributed by atoms with Crippen LogP contribution in [-0.4, -0.2) is 22.5 Å². The molecule has 1 aliphatic rings. The second kappa shape index (κ2) is 9.37. The number of carbonyl (C=O) groups excluding carboxylic acids is 2. The topological polar surface area (TPSA) is 49.4 Å². The average molecular weight is 437 g/mol. The van der Waals surface area contributed by atoms with E-state index >= 15 is 0 Å². The van der Waals surface area contributed by atoms with Crippen molar-refractivity contribution in [1.29, 1.82) is 0 Å². The number of halogens is 1. The minimum Gasteiger partial charge on any atom is -0.348 e. The quantitative estimate of drug-likeness (QED) is 0.588. The summed E-state index contributed by atoms with van der Waals surface area (Å²) in [5.41, 5.74) is 3.58. The van der Waals surface area contributed by atoms with E-state index in [0.29, 0.717) is 29.4 Å². The standard InChI is InChI=1S/C24H21ClN2O2S/c25-21-9-5-4-8-20(21)14-26-23(29)18-10-12-19(13-11-18)24-27(22(28)16-30-24)15-17-6-2-1-3-7-17/h1-13,24H,14-16H2,(H,26,29)/t24-/m0/s1. The minimum absolute atomic E-state index is 0.0436. The lowest BCUT2D eigenvalue weighted by molar-refractivity contribution is -0.128. The molecule has 30 heavy (non-hydrogen) atoms. The van der Waals surface area contributed by atoms with E-state index in [4.69, 9.17) is 11.6 Å². The third-order valence-corrected chi connectivity index (χ3v) is 6.64. The molecule has 0 saturated carbocycles. The maximum Gasteiger partial charge on any atom is 0.251 e. The van der Waals surface area contributed by atoms with Gasteiger partial charge in [-0.2, -0.15) is 0 Å². The maximum atomic E-state index is 12.5. The fourth-order valence-corrected chi connectivity index (χ4v) is 4.79. The molecule has 0 spiro atoms. The summed E-state index contributed by atoms with van der Waals surface area (Å²) in [6.45, 7) is 0.954. The van der Waals surface area contributed by atoms with Gasteiger partial charge in [-0.15, -0.1) is 11.8 Å². The van der Waals surface area contributed by atoms with Crippen molar-refractivity contribution in [2.24, 2.45) is 0 Å². The molecule has 3 aromatic carbocycles. The van der Waals surface area contributed by atoms with Crippen molar-refractivity contribution in [3.63, 3.8) is 0 Å².